The van der Waals surface area contributed by atoms with Crippen molar-refractivity contribution in [3.63, 3.8) is 0 Å². The highest BCUT2D eigenvalue weighted by molar-refractivity contribution is 6.33. The molecule has 0 N–H and O–H groups in total. The molecular weight excluding hydrogens is 224 g/mol. The maximum Gasteiger partial charge on any atom is 0.288 e. The first kappa shape index (κ1) is 11.4. The molecule has 0 aliphatic rings. The Morgan fingerprint density at radius 1 is 1.44 bits per heavy atom. The largest absolute Gasteiger partial charge is 0.452 e. The molecule has 16 heavy (non-hydrogen) atoms. The van der Waals surface area contributed by atoms with Gasteiger partial charge in [-0.15, -0.1) is 0 Å². The summed E-state index contributed by atoms with van der Waals surface area (Å²) in [6.07, 6.45) is 1.77. The summed E-state index contributed by atoms with van der Waals surface area (Å²) in [5.41, 5.74) is 1.87. The van der Waals surface area contributed by atoms with Crippen molar-refractivity contribution in [1.29, 1.82) is 0 Å². The van der Waals surface area contributed by atoms with Gasteiger partial charge in [-0.05, 0) is 28.9 Å². The van der Waals surface area contributed by atoms with Gasteiger partial charge in [0, 0.05) is 6.07 Å². The Labute approximate surface area is 100 Å². The van der Waals surface area contributed by atoms with Crippen LogP contribution < -0.4 is 4.57 Å². The van der Waals surface area contributed by atoms with E-state index in [1.165, 1.54) is 0 Å². The second-order valence-corrected chi connectivity index (χ2v) is 5.65. The average molecular weight is 240 g/mol. The van der Waals surface area contributed by atoms with Crippen LogP contribution in [0.1, 0.15) is 26.5 Å². The topological polar surface area (TPSA) is 29.9 Å². The lowest BCUT2D eigenvalue weighted by molar-refractivity contribution is -0.686. The van der Waals surface area contributed by atoms with E-state index < -0.39 is 0 Å². The number of halogens is 1. The van der Waals surface area contributed by atoms with Gasteiger partial charge >= 0.3 is 0 Å². The van der Waals surface area contributed by atoms with Gasteiger partial charge in [0.25, 0.3) is 11.5 Å². The molecule has 0 saturated carbocycles. The Morgan fingerprint density at radius 3 is 2.75 bits per heavy atom. The highest BCUT2D eigenvalue weighted by Gasteiger charge is 2.21. The van der Waals surface area contributed by atoms with Crippen LogP contribution in [0.3, 0.4) is 0 Å². The van der Waals surface area contributed by atoms with Crippen molar-refractivity contribution in [3.8, 4) is 0 Å². The van der Waals surface area contributed by atoms with Gasteiger partial charge in [0.1, 0.15) is 5.76 Å². The first-order valence-corrected chi connectivity index (χ1v) is 5.69. The predicted octanol–water partition coefficient (Wildman–Crippen LogP) is 3.12. The highest BCUT2D eigenvalue weighted by atomic mass is 35.5. The first-order chi connectivity index (χ1) is 7.37. The van der Waals surface area contributed by atoms with E-state index in [1.807, 2.05) is 13.0 Å². The maximum atomic E-state index is 6.00. The third kappa shape index (κ3) is 2.19. The number of rotatable bonds is 1. The van der Waals surface area contributed by atoms with Gasteiger partial charge in [0.15, 0.2) is 5.52 Å². The van der Waals surface area contributed by atoms with E-state index in [0.29, 0.717) is 10.7 Å². The molecule has 86 valence electrons. The van der Waals surface area contributed by atoms with Gasteiger partial charge in [-0.1, -0.05) is 20.8 Å². The molecule has 2 rings (SSSR count). The zero-order valence-corrected chi connectivity index (χ0v) is 10.8. The molecule has 2 aromatic rings. The summed E-state index contributed by atoms with van der Waals surface area (Å²) < 4.78 is 7.62. The smallest absolute Gasteiger partial charge is 0.288 e. The van der Waals surface area contributed by atoms with E-state index in [9.17, 15) is 0 Å². The summed E-state index contributed by atoms with van der Waals surface area (Å²) in [5.74, 6) is 0.854. The Morgan fingerprint density at radius 2 is 2.12 bits per heavy atom. The molecule has 0 bridgehead atoms. The van der Waals surface area contributed by atoms with Gasteiger partial charge in [-0.3, -0.25) is 0 Å². The summed E-state index contributed by atoms with van der Waals surface area (Å²) in [4.78, 5) is 4.14. The number of fused-ring (bicyclic) bond motifs is 1. The number of aromatic nitrogens is 2. The molecule has 0 amide bonds. The van der Waals surface area contributed by atoms with E-state index >= 15 is 0 Å². The third-order valence-corrected chi connectivity index (χ3v) is 2.56. The van der Waals surface area contributed by atoms with Crippen LogP contribution in [0.4, 0.5) is 0 Å². The average Bonchev–Trinajstić information content (AvgIpc) is 2.51. The maximum absolute atomic E-state index is 6.00. The second kappa shape index (κ2) is 3.74. The first-order valence-electron chi connectivity index (χ1n) is 5.31. The minimum Gasteiger partial charge on any atom is -0.452 e. The van der Waals surface area contributed by atoms with Crippen LogP contribution >= 0.6 is 11.6 Å². The number of aryl methyl sites for hydroxylation is 1. The molecule has 2 heterocycles. The zero-order chi connectivity index (χ0) is 11.9. The minimum atomic E-state index is 0.193. The van der Waals surface area contributed by atoms with Crippen LogP contribution in [0.25, 0.3) is 11.1 Å². The van der Waals surface area contributed by atoms with Crippen LogP contribution in [-0.4, -0.2) is 4.98 Å². The summed E-state index contributed by atoms with van der Waals surface area (Å²) in [6, 6.07) is 1.99. The summed E-state index contributed by atoms with van der Waals surface area (Å²) in [7, 11) is 0. The normalized spacial score (nSPS) is 12.3. The number of furan rings is 1. The second-order valence-electron chi connectivity index (χ2n) is 5.30. The summed E-state index contributed by atoms with van der Waals surface area (Å²) in [6.45, 7) is 9.36. The molecule has 0 atom stereocenters. The predicted molar refractivity (Wildman–Crippen MR) is 63.4 cm³/mol. The van der Waals surface area contributed by atoms with E-state index in [2.05, 4.69) is 30.3 Å². The Bertz CT molecular complexity index is 526. The fraction of sp³-hybridized carbons (Fsp3) is 0.500. The molecule has 0 fully saturated rings. The van der Waals surface area contributed by atoms with Crippen molar-refractivity contribution >= 4 is 22.7 Å². The Kier molecular flexibility index (Phi) is 2.66. The SMILES string of the molecule is Cc1cc2c(o1)c(Cl)nc[n+]2CC(C)(C)C. The third-order valence-electron chi connectivity index (χ3n) is 2.29. The highest BCUT2D eigenvalue weighted by Crippen LogP contribution is 2.22. The van der Waals surface area contributed by atoms with Gasteiger partial charge in [0.05, 0.1) is 6.54 Å². The molecule has 0 radical (unpaired) electrons. The molecule has 0 aromatic carbocycles. The fourth-order valence-corrected chi connectivity index (χ4v) is 1.92. The van der Waals surface area contributed by atoms with Crippen molar-refractivity contribution in [2.24, 2.45) is 5.41 Å². The number of hydrogen-bond acceptors (Lipinski definition) is 2. The molecule has 0 spiro atoms. The molecule has 0 unspecified atom stereocenters. The van der Waals surface area contributed by atoms with Crippen LogP contribution in [0.5, 0.6) is 0 Å². The lowest BCUT2D eigenvalue weighted by Crippen LogP contribution is -2.40. The number of nitrogens with zero attached hydrogens (tertiary/aromatic N) is 2. The molecule has 0 aliphatic carbocycles. The van der Waals surface area contributed by atoms with Gasteiger partial charge in [-0.25, -0.2) is 4.57 Å². The molecule has 3 nitrogen and oxygen atoms in total. The van der Waals surface area contributed by atoms with Crippen LogP contribution in [0, 0.1) is 12.3 Å². The minimum absolute atomic E-state index is 0.193. The van der Waals surface area contributed by atoms with Crippen molar-refractivity contribution < 1.29 is 8.98 Å². The van der Waals surface area contributed by atoms with Gasteiger partial charge in [0.2, 0.25) is 5.58 Å². The van der Waals surface area contributed by atoms with Crippen molar-refractivity contribution in [3.05, 3.63) is 23.3 Å². The number of hydrogen-bond donors (Lipinski definition) is 0. The zero-order valence-electron chi connectivity index (χ0n) is 10.0. The fourth-order valence-electron chi connectivity index (χ4n) is 1.74. The Hall–Kier alpha value is -1.09. The van der Waals surface area contributed by atoms with Crippen molar-refractivity contribution in [2.45, 2.75) is 34.2 Å². The molecular formula is C12H16ClN2O+. The van der Waals surface area contributed by atoms with E-state index in [0.717, 1.165) is 17.8 Å². The van der Waals surface area contributed by atoms with E-state index in [4.69, 9.17) is 16.0 Å². The lowest BCUT2D eigenvalue weighted by atomic mass is 9.97. The van der Waals surface area contributed by atoms with Crippen LogP contribution in [-0.2, 0) is 6.54 Å². The van der Waals surface area contributed by atoms with Crippen LogP contribution in [0.15, 0.2) is 16.8 Å². The lowest BCUT2D eigenvalue weighted by Gasteiger charge is -2.15. The van der Waals surface area contributed by atoms with Crippen LogP contribution in [0.2, 0.25) is 5.15 Å². The van der Waals surface area contributed by atoms with Gasteiger partial charge in [-0.2, -0.15) is 0 Å². The monoisotopic (exact) mass is 239 g/mol. The standard InChI is InChI=1S/C12H16ClN2O/c1-8-5-9-10(16-8)11(13)14-7-15(9)6-12(2,3)4/h5,7H,6H2,1-4H3/q+1. The van der Waals surface area contributed by atoms with Crippen molar-refractivity contribution in [1.82, 2.24) is 4.98 Å². The van der Waals surface area contributed by atoms with Gasteiger partial charge < -0.3 is 4.42 Å². The molecule has 4 heteroatoms. The summed E-state index contributed by atoms with van der Waals surface area (Å²) in [5, 5.41) is 0.424. The molecule has 0 aliphatic heterocycles. The molecule has 0 saturated heterocycles. The van der Waals surface area contributed by atoms with Crippen molar-refractivity contribution in [2.75, 3.05) is 0 Å². The Balaban J connectivity index is 2.58. The summed E-state index contributed by atoms with van der Waals surface area (Å²) >= 11 is 6.00. The van der Waals surface area contributed by atoms with E-state index in [-0.39, 0.29) is 5.41 Å². The quantitative estimate of drug-likeness (QED) is 0.565. The molecule has 2 aromatic heterocycles. The van der Waals surface area contributed by atoms with E-state index in [1.54, 1.807) is 6.33 Å².